The standard InChI is InChI=1S/C9H12N2O4/c1-6(9(13)14)3-10-8(12)2-7-4-15-5-11-7/h4-6H,2-3H2,1H3,(H,10,12)(H,13,14). The lowest BCUT2D eigenvalue weighted by Crippen LogP contribution is -2.32. The molecule has 1 heterocycles. The first-order chi connectivity index (χ1) is 7.09. The molecule has 0 bridgehead atoms. The minimum atomic E-state index is -0.934. The number of aliphatic carboxylic acids is 1. The van der Waals surface area contributed by atoms with Crippen molar-refractivity contribution in [1.29, 1.82) is 0 Å². The van der Waals surface area contributed by atoms with Crippen LogP contribution >= 0.6 is 0 Å². The minimum absolute atomic E-state index is 0.100. The maximum atomic E-state index is 11.3. The van der Waals surface area contributed by atoms with Crippen molar-refractivity contribution in [2.75, 3.05) is 6.54 Å². The SMILES string of the molecule is CC(CNC(=O)Cc1cocn1)C(=O)O. The van der Waals surface area contributed by atoms with E-state index in [1.807, 2.05) is 0 Å². The van der Waals surface area contributed by atoms with Gasteiger partial charge in [0.1, 0.15) is 6.26 Å². The average molecular weight is 212 g/mol. The Morgan fingerprint density at radius 2 is 2.40 bits per heavy atom. The van der Waals surface area contributed by atoms with Gasteiger partial charge in [-0.15, -0.1) is 0 Å². The number of carbonyl (C=O) groups is 2. The molecule has 15 heavy (non-hydrogen) atoms. The van der Waals surface area contributed by atoms with Gasteiger partial charge in [0.25, 0.3) is 0 Å². The van der Waals surface area contributed by atoms with Crippen LogP contribution in [0.25, 0.3) is 0 Å². The lowest BCUT2D eigenvalue weighted by Gasteiger charge is -2.07. The monoisotopic (exact) mass is 212 g/mol. The molecule has 6 nitrogen and oxygen atoms in total. The van der Waals surface area contributed by atoms with Gasteiger partial charge in [-0.25, -0.2) is 4.98 Å². The number of nitrogens with one attached hydrogen (secondary N) is 1. The normalized spacial score (nSPS) is 12.1. The molecular formula is C9H12N2O4. The second-order valence-electron chi connectivity index (χ2n) is 3.20. The van der Waals surface area contributed by atoms with E-state index in [1.54, 1.807) is 0 Å². The van der Waals surface area contributed by atoms with Crippen LogP contribution in [0, 0.1) is 5.92 Å². The Hall–Kier alpha value is -1.85. The molecule has 0 aliphatic rings. The van der Waals surface area contributed by atoms with Gasteiger partial charge in [0.2, 0.25) is 5.91 Å². The number of hydrogen-bond acceptors (Lipinski definition) is 4. The second kappa shape index (κ2) is 5.14. The van der Waals surface area contributed by atoms with E-state index >= 15 is 0 Å². The van der Waals surface area contributed by atoms with E-state index in [2.05, 4.69) is 10.3 Å². The van der Waals surface area contributed by atoms with Gasteiger partial charge < -0.3 is 14.8 Å². The van der Waals surface area contributed by atoms with Gasteiger partial charge in [-0.1, -0.05) is 6.92 Å². The van der Waals surface area contributed by atoms with Crippen LogP contribution in [0.4, 0.5) is 0 Å². The Morgan fingerprint density at radius 1 is 1.67 bits per heavy atom. The molecule has 0 aliphatic heterocycles. The summed E-state index contributed by atoms with van der Waals surface area (Å²) in [5.41, 5.74) is 0.524. The number of oxazole rings is 1. The van der Waals surface area contributed by atoms with E-state index < -0.39 is 11.9 Å². The number of amides is 1. The van der Waals surface area contributed by atoms with Crippen molar-refractivity contribution in [3.63, 3.8) is 0 Å². The minimum Gasteiger partial charge on any atom is -0.481 e. The summed E-state index contributed by atoms with van der Waals surface area (Å²) in [6.07, 6.45) is 2.71. The van der Waals surface area contributed by atoms with E-state index in [0.717, 1.165) is 0 Å². The van der Waals surface area contributed by atoms with Crippen molar-refractivity contribution in [1.82, 2.24) is 10.3 Å². The molecule has 0 saturated heterocycles. The molecule has 0 spiro atoms. The number of aromatic nitrogens is 1. The van der Waals surface area contributed by atoms with Crippen molar-refractivity contribution >= 4 is 11.9 Å². The predicted octanol–water partition coefficient (Wildman–Crippen LogP) is 0.0540. The zero-order valence-corrected chi connectivity index (χ0v) is 8.27. The van der Waals surface area contributed by atoms with Crippen LogP contribution < -0.4 is 5.32 Å². The molecule has 1 aromatic heterocycles. The van der Waals surface area contributed by atoms with Crippen LogP contribution in [0.2, 0.25) is 0 Å². The van der Waals surface area contributed by atoms with E-state index in [0.29, 0.717) is 5.69 Å². The van der Waals surface area contributed by atoms with Crippen molar-refractivity contribution < 1.29 is 19.1 Å². The van der Waals surface area contributed by atoms with Crippen molar-refractivity contribution in [2.24, 2.45) is 5.92 Å². The van der Waals surface area contributed by atoms with Gasteiger partial charge in [-0.2, -0.15) is 0 Å². The summed E-state index contributed by atoms with van der Waals surface area (Å²) >= 11 is 0. The van der Waals surface area contributed by atoms with Crippen molar-refractivity contribution in [3.05, 3.63) is 18.4 Å². The zero-order chi connectivity index (χ0) is 11.3. The topological polar surface area (TPSA) is 92.4 Å². The van der Waals surface area contributed by atoms with Crippen LogP contribution in [-0.2, 0) is 16.0 Å². The average Bonchev–Trinajstić information content (AvgIpc) is 2.66. The largest absolute Gasteiger partial charge is 0.481 e. The van der Waals surface area contributed by atoms with Gasteiger partial charge in [0, 0.05) is 6.54 Å². The first-order valence-corrected chi connectivity index (χ1v) is 4.46. The highest BCUT2D eigenvalue weighted by Crippen LogP contribution is 1.96. The first kappa shape index (κ1) is 11.2. The fourth-order valence-electron chi connectivity index (χ4n) is 0.906. The number of carboxylic acid groups (broad SMARTS) is 1. The third-order valence-electron chi connectivity index (χ3n) is 1.85. The molecule has 0 aliphatic carbocycles. The summed E-state index contributed by atoms with van der Waals surface area (Å²) in [4.78, 5) is 25.5. The Labute approximate surface area is 86.3 Å². The van der Waals surface area contributed by atoms with E-state index in [9.17, 15) is 9.59 Å². The summed E-state index contributed by atoms with van der Waals surface area (Å²) in [7, 11) is 0. The fraction of sp³-hybridized carbons (Fsp3) is 0.444. The van der Waals surface area contributed by atoms with Crippen LogP contribution in [-0.4, -0.2) is 28.5 Å². The summed E-state index contributed by atoms with van der Waals surface area (Å²) < 4.78 is 4.69. The molecule has 82 valence electrons. The summed E-state index contributed by atoms with van der Waals surface area (Å²) in [6, 6.07) is 0. The molecule has 0 saturated carbocycles. The fourth-order valence-corrected chi connectivity index (χ4v) is 0.906. The molecule has 0 aromatic carbocycles. The molecule has 1 unspecified atom stereocenters. The van der Waals surface area contributed by atoms with Crippen LogP contribution in [0.5, 0.6) is 0 Å². The van der Waals surface area contributed by atoms with Gasteiger partial charge in [-0.3, -0.25) is 9.59 Å². The van der Waals surface area contributed by atoms with Gasteiger partial charge in [0.05, 0.1) is 18.0 Å². The molecule has 1 rings (SSSR count). The number of carbonyl (C=O) groups excluding carboxylic acids is 1. The molecule has 1 amide bonds. The highest BCUT2D eigenvalue weighted by Gasteiger charge is 2.12. The lowest BCUT2D eigenvalue weighted by molar-refractivity contribution is -0.141. The van der Waals surface area contributed by atoms with Gasteiger partial charge in [0.15, 0.2) is 6.39 Å². The third kappa shape index (κ3) is 3.80. The van der Waals surface area contributed by atoms with Crippen LogP contribution in [0.1, 0.15) is 12.6 Å². The summed E-state index contributed by atoms with van der Waals surface area (Å²) in [5.74, 6) is -1.79. The summed E-state index contributed by atoms with van der Waals surface area (Å²) in [6.45, 7) is 1.64. The Balaban J connectivity index is 2.28. The lowest BCUT2D eigenvalue weighted by atomic mass is 10.2. The number of nitrogens with zero attached hydrogens (tertiary/aromatic N) is 1. The molecule has 1 aromatic rings. The summed E-state index contributed by atoms with van der Waals surface area (Å²) in [5, 5.41) is 11.1. The first-order valence-electron chi connectivity index (χ1n) is 4.46. The molecule has 1 atom stereocenters. The van der Waals surface area contributed by atoms with E-state index in [4.69, 9.17) is 9.52 Å². The third-order valence-corrected chi connectivity index (χ3v) is 1.85. The molecule has 6 heteroatoms. The number of hydrogen-bond donors (Lipinski definition) is 2. The van der Waals surface area contributed by atoms with E-state index in [-0.39, 0.29) is 18.9 Å². The highest BCUT2D eigenvalue weighted by molar-refractivity contribution is 5.79. The highest BCUT2D eigenvalue weighted by atomic mass is 16.4. The quantitative estimate of drug-likeness (QED) is 0.719. The van der Waals surface area contributed by atoms with Crippen molar-refractivity contribution in [2.45, 2.75) is 13.3 Å². The van der Waals surface area contributed by atoms with Crippen LogP contribution in [0.3, 0.4) is 0 Å². The van der Waals surface area contributed by atoms with E-state index in [1.165, 1.54) is 19.6 Å². The second-order valence-corrected chi connectivity index (χ2v) is 3.20. The molecular weight excluding hydrogens is 200 g/mol. The van der Waals surface area contributed by atoms with Crippen LogP contribution in [0.15, 0.2) is 17.1 Å². The maximum absolute atomic E-state index is 11.3. The zero-order valence-electron chi connectivity index (χ0n) is 8.27. The Bertz CT molecular complexity index is 334. The number of rotatable bonds is 5. The smallest absolute Gasteiger partial charge is 0.308 e. The maximum Gasteiger partial charge on any atom is 0.308 e. The van der Waals surface area contributed by atoms with Crippen molar-refractivity contribution in [3.8, 4) is 0 Å². The number of carboxylic acids is 1. The Kier molecular flexibility index (Phi) is 3.84. The van der Waals surface area contributed by atoms with Gasteiger partial charge >= 0.3 is 5.97 Å². The molecule has 2 N–H and O–H groups in total. The van der Waals surface area contributed by atoms with Gasteiger partial charge in [-0.05, 0) is 0 Å². The molecule has 0 fully saturated rings. The Morgan fingerprint density at radius 3 is 2.93 bits per heavy atom. The molecule has 0 radical (unpaired) electrons. The predicted molar refractivity (Wildman–Crippen MR) is 50.0 cm³/mol.